The summed E-state index contributed by atoms with van der Waals surface area (Å²) in [6.45, 7) is 6.64. The van der Waals surface area contributed by atoms with E-state index in [9.17, 15) is 13.2 Å². The molecular weight excluding hydrogens is 258 g/mol. The zero-order valence-corrected chi connectivity index (χ0v) is 12.8. The molecule has 0 radical (unpaired) electrons. The van der Waals surface area contributed by atoms with Gasteiger partial charge in [0.15, 0.2) is 0 Å². The summed E-state index contributed by atoms with van der Waals surface area (Å²) >= 11 is 0. The number of nitrogens with zero attached hydrogens (tertiary/aromatic N) is 2. The van der Waals surface area contributed by atoms with E-state index in [2.05, 4.69) is 17.6 Å². The van der Waals surface area contributed by atoms with Gasteiger partial charge >= 0.3 is 6.18 Å². The van der Waals surface area contributed by atoms with Gasteiger partial charge in [0.1, 0.15) is 0 Å². The SMILES string of the molecule is C[N-]C(C)CC([N-]C)C(F)(F)F.[CH2-]C.[Zn]. The van der Waals surface area contributed by atoms with Crippen molar-refractivity contribution in [1.82, 2.24) is 0 Å². The summed E-state index contributed by atoms with van der Waals surface area (Å²) in [4.78, 5) is 0. The molecule has 6 heteroatoms. The first-order valence-electron chi connectivity index (χ1n) is 4.37. The first kappa shape index (κ1) is 20.7. The van der Waals surface area contributed by atoms with Gasteiger partial charge in [-0.2, -0.15) is 34.2 Å². The van der Waals surface area contributed by atoms with Crippen molar-refractivity contribution in [2.24, 2.45) is 0 Å². The van der Waals surface area contributed by atoms with Crippen molar-refractivity contribution in [3.05, 3.63) is 17.6 Å². The molecule has 0 amide bonds. The molecule has 0 N–H and O–H groups in total. The number of rotatable bonds is 4. The average molecular weight is 277 g/mol. The van der Waals surface area contributed by atoms with Crippen LogP contribution >= 0.6 is 0 Å². The van der Waals surface area contributed by atoms with Crippen molar-refractivity contribution in [3.63, 3.8) is 0 Å². The third-order valence-electron chi connectivity index (χ3n) is 1.69. The topological polar surface area (TPSA) is 28.2 Å². The smallest absolute Gasteiger partial charge is 0.373 e. The van der Waals surface area contributed by atoms with Crippen LogP contribution in [0.2, 0.25) is 0 Å². The molecule has 0 bridgehead atoms. The number of halogens is 3. The van der Waals surface area contributed by atoms with E-state index in [0.717, 1.165) is 0 Å². The Morgan fingerprint density at radius 2 is 1.53 bits per heavy atom. The summed E-state index contributed by atoms with van der Waals surface area (Å²) in [5.74, 6) is 0. The summed E-state index contributed by atoms with van der Waals surface area (Å²) in [7, 11) is 2.69. The maximum Gasteiger partial charge on any atom is 0.373 e. The molecule has 0 saturated heterocycles. The van der Waals surface area contributed by atoms with Crippen LogP contribution in [0.3, 0.4) is 0 Å². The van der Waals surface area contributed by atoms with Crippen molar-refractivity contribution in [2.75, 3.05) is 14.1 Å². The van der Waals surface area contributed by atoms with Crippen molar-refractivity contribution >= 4 is 0 Å². The fourth-order valence-corrected chi connectivity index (χ4v) is 0.814. The molecule has 2 nitrogen and oxygen atoms in total. The fraction of sp³-hybridized carbons (Fsp3) is 0.889. The second kappa shape index (κ2) is 10.8. The van der Waals surface area contributed by atoms with Crippen molar-refractivity contribution in [3.8, 4) is 0 Å². The quantitative estimate of drug-likeness (QED) is 0.555. The van der Waals surface area contributed by atoms with Gasteiger partial charge in [-0.1, -0.05) is 13.3 Å². The first-order chi connectivity index (χ1) is 6.41. The van der Waals surface area contributed by atoms with Crippen LogP contribution in [0.15, 0.2) is 0 Å². The zero-order chi connectivity index (χ0) is 11.8. The van der Waals surface area contributed by atoms with Crippen LogP contribution in [0, 0.1) is 6.92 Å². The number of hydrogen-bond donors (Lipinski definition) is 0. The molecule has 0 aromatic rings. The van der Waals surface area contributed by atoms with Gasteiger partial charge in [-0.3, -0.25) is 0 Å². The third kappa shape index (κ3) is 10.6. The Morgan fingerprint density at radius 1 is 1.13 bits per heavy atom. The van der Waals surface area contributed by atoms with E-state index >= 15 is 0 Å². The minimum atomic E-state index is -4.23. The van der Waals surface area contributed by atoms with Gasteiger partial charge in [0.25, 0.3) is 0 Å². The molecule has 2 unspecified atom stereocenters. The van der Waals surface area contributed by atoms with E-state index in [0.29, 0.717) is 0 Å². The third-order valence-corrected chi connectivity index (χ3v) is 1.69. The largest absolute Gasteiger partial charge is 0.663 e. The van der Waals surface area contributed by atoms with E-state index in [-0.39, 0.29) is 31.9 Å². The van der Waals surface area contributed by atoms with E-state index < -0.39 is 12.2 Å². The van der Waals surface area contributed by atoms with E-state index in [4.69, 9.17) is 0 Å². The summed E-state index contributed by atoms with van der Waals surface area (Å²) < 4.78 is 36.2. The van der Waals surface area contributed by atoms with Gasteiger partial charge in [0.05, 0.1) is 0 Å². The van der Waals surface area contributed by atoms with Crippen molar-refractivity contribution in [1.29, 1.82) is 0 Å². The van der Waals surface area contributed by atoms with Crippen molar-refractivity contribution in [2.45, 2.75) is 38.5 Å². The predicted molar refractivity (Wildman–Crippen MR) is 53.5 cm³/mol. The zero-order valence-electron chi connectivity index (χ0n) is 9.80. The minimum absolute atomic E-state index is 0. The van der Waals surface area contributed by atoms with E-state index in [1.807, 2.05) is 0 Å². The monoisotopic (exact) mass is 275 g/mol. The van der Waals surface area contributed by atoms with Gasteiger partial charge in [0.2, 0.25) is 0 Å². The standard InChI is InChI=1S/C7H13F3N2.C2H5.Zn/c1-5(11-2)4-6(12-3)7(8,9)10;1-2;/h5-6H,4H2,1-3H3;1H2,2H3;/q-2;-1;. The molecule has 0 aromatic heterocycles. The summed E-state index contributed by atoms with van der Waals surface area (Å²) in [5.41, 5.74) is 0. The van der Waals surface area contributed by atoms with Crippen LogP contribution in [0.25, 0.3) is 10.6 Å². The Hall–Kier alpha value is 0.333. The Bertz CT molecular complexity index is 131. The Labute approximate surface area is 103 Å². The normalized spacial score (nSPS) is 14.4. The molecule has 0 saturated carbocycles. The molecule has 0 spiro atoms. The Morgan fingerprint density at radius 3 is 1.73 bits per heavy atom. The molecule has 0 aliphatic heterocycles. The van der Waals surface area contributed by atoms with E-state index in [1.165, 1.54) is 14.1 Å². The molecular formula is C9H18F3N2Zn-3. The Kier molecular flexibility index (Phi) is 15.0. The van der Waals surface area contributed by atoms with Crippen LogP contribution in [0.4, 0.5) is 13.2 Å². The molecule has 90 valence electrons. The molecule has 2 atom stereocenters. The maximum absolute atomic E-state index is 12.1. The molecule has 0 aliphatic rings. The number of alkyl halides is 3. The van der Waals surface area contributed by atoms with Gasteiger partial charge in [-0.15, -0.1) is 6.04 Å². The molecule has 15 heavy (non-hydrogen) atoms. The molecule has 0 aliphatic carbocycles. The average Bonchev–Trinajstić information content (AvgIpc) is 2.15. The van der Waals surface area contributed by atoms with Gasteiger partial charge < -0.3 is 17.6 Å². The predicted octanol–water partition coefficient (Wildman–Crippen LogP) is 3.54. The fourth-order valence-electron chi connectivity index (χ4n) is 0.814. The van der Waals surface area contributed by atoms with Crippen LogP contribution in [0.5, 0.6) is 0 Å². The van der Waals surface area contributed by atoms with Gasteiger partial charge in [-0.25, -0.2) is 0 Å². The van der Waals surface area contributed by atoms with Crippen LogP contribution in [-0.4, -0.2) is 32.4 Å². The van der Waals surface area contributed by atoms with Crippen LogP contribution in [0.1, 0.15) is 20.3 Å². The van der Waals surface area contributed by atoms with E-state index in [1.54, 1.807) is 13.8 Å². The van der Waals surface area contributed by atoms with Crippen LogP contribution in [-0.2, 0) is 19.5 Å². The maximum atomic E-state index is 12.1. The first-order valence-corrected chi connectivity index (χ1v) is 4.37. The summed E-state index contributed by atoms with van der Waals surface area (Å²) in [6, 6.07) is -1.86. The second-order valence-corrected chi connectivity index (χ2v) is 2.66. The molecule has 0 rings (SSSR count). The summed E-state index contributed by atoms with van der Waals surface area (Å²) in [6.07, 6.45) is -4.29. The molecule has 0 fully saturated rings. The van der Waals surface area contributed by atoms with Crippen molar-refractivity contribution < 1.29 is 32.6 Å². The summed E-state index contributed by atoms with van der Waals surface area (Å²) in [5, 5.41) is 6.99. The second-order valence-electron chi connectivity index (χ2n) is 2.66. The van der Waals surface area contributed by atoms with Gasteiger partial charge in [0, 0.05) is 19.5 Å². The Balaban J connectivity index is -0.000000449. The van der Waals surface area contributed by atoms with Gasteiger partial charge in [-0.05, 0) is 6.04 Å². The molecule has 0 heterocycles. The number of hydrogen-bond acceptors (Lipinski definition) is 0. The molecule has 0 aromatic carbocycles. The van der Waals surface area contributed by atoms with Crippen LogP contribution < -0.4 is 0 Å². The minimum Gasteiger partial charge on any atom is -0.663 e.